The van der Waals surface area contributed by atoms with Crippen LogP contribution in [0.3, 0.4) is 0 Å². The van der Waals surface area contributed by atoms with Crippen LogP contribution in [0.2, 0.25) is 5.02 Å². The summed E-state index contributed by atoms with van der Waals surface area (Å²) in [6.45, 7) is 0. The van der Waals surface area contributed by atoms with Gasteiger partial charge in [-0.05, 0) is 60.5 Å². The highest BCUT2D eigenvalue weighted by molar-refractivity contribution is 8.18. The molecule has 128 valence electrons. The van der Waals surface area contributed by atoms with Gasteiger partial charge in [0.15, 0.2) is 5.17 Å². The molecule has 1 saturated heterocycles. The average molecular weight is 391 g/mol. The van der Waals surface area contributed by atoms with E-state index in [1.54, 1.807) is 37.0 Å². The summed E-state index contributed by atoms with van der Waals surface area (Å²) in [6.07, 6.45) is 3.64. The maximum absolute atomic E-state index is 12.5. The molecule has 2 aromatic carbocycles. The second-order valence-corrected chi connectivity index (χ2v) is 7.60. The topological polar surface area (TPSA) is 52.9 Å². The number of carbonyl (C=O) groups excluding carboxylic acids is 1. The molecule has 1 N–H and O–H groups in total. The second-order valence-electron chi connectivity index (χ2n) is 5.27. The quantitative estimate of drug-likeness (QED) is 0.591. The molecule has 1 aliphatic heterocycles. The molecule has 1 fully saturated rings. The number of aliphatic imine (C=N–C) groups is 1. The number of phenolic OH excluding ortho intramolecular Hbond substituents is 1. The summed E-state index contributed by atoms with van der Waals surface area (Å²) in [4.78, 5) is 20.1. The minimum Gasteiger partial charge on any atom is -0.507 e. The Labute approximate surface area is 159 Å². The normalized spacial score (nSPS) is 17.7. The van der Waals surface area contributed by atoms with Crippen molar-refractivity contribution >= 4 is 58.0 Å². The largest absolute Gasteiger partial charge is 0.507 e. The van der Waals surface area contributed by atoms with Crippen LogP contribution >= 0.6 is 35.1 Å². The Hall–Kier alpha value is -1.89. The number of likely N-dealkylation sites (N-methyl/N-ethyl adjacent to an activating group) is 1. The predicted molar refractivity (Wildman–Crippen MR) is 107 cm³/mol. The van der Waals surface area contributed by atoms with Gasteiger partial charge in [0.05, 0.1) is 10.6 Å². The number of phenols is 1. The molecule has 0 atom stereocenters. The maximum Gasteiger partial charge on any atom is 0.266 e. The van der Waals surface area contributed by atoms with Crippen molar-refractivity contribution in [1.29, 1.82) is 0 Å². The molecule has 1 amide bonds. The minimum atomic E-state index is -0.163. The molecule has 0 radical (unpaired) electrons. The Morgan fingerprint density at radius 1 is 1.28 bits per heavy atom. The SMILES string of the molecule is CSc1cccc(N=C2S/C(=C/c3cc(Cl)ccc3O)C(=O)N2C)c1. The lowest BCUT2D eigenvalue weighted by Gasteiger charge is -2.07. The fourth-order valence-electron chi connectivity index (χ4n) is 2.22. The first-order valence-electron chi connectivity index (χ1n) is 7.37. The highest BCUT2D eigenvalue weighted by Gasteiger charge is 2.30. The van der Waals surface area contributed by atoms with Gasteiger partial charge in [0.1, 0.15) is 5.75 Å². The van der Waals surface area contributed by atoms with Crippen LogP contribution in [0.4, 0.5) is 5.69 Å². The maximum atomic E-state index is 12.5. The van der Waals surface area contributed by atoms with Gasteiger partial charge in [-0.2, -0.15) is 0 Å². The fourth-order valence-corrected chi connectivity index (χ4v) is 3.84. The zero-order chi connectivity index (χ0) is 18.0. The Morgan fingerprint density at radius 3 is 2.84 bits per heavy atom. The van der Waals surface area contributed by atoms with Gasteiger partial charge >= 0.3 is 0 Å². The number of amidine groups is 1. The van der Waals surface area contributed by atoms with E-state index in [-0.39, 0.29) is 11.7 Å². The van der Waals surface area contributed by atoms with Crippen LogP contribution in [0.15, 0.2) is 57.3 Å². The molecule has 1 heterocycles. The molecule has 0 aromatic heterocycles. The Kier molecular flexibility index (Phi) is 5.42. The van der Waals surface area contributed by atoms with Crippen molar-refractivity contribution in [3.05, 3.63) is 58.0 Å². The number of carbonyl (C=O) groups is 1. The molecule has 4 nitrogen and oxygen atoms in total. The zero-order valence-electron chi connectivity index (χ0n) is 13.6. The summed E-state index contributed by atoms with van der Waals surface area (Å²) in [6, 6.07) is 12.5. The Balaban J connectivity index is 1.93. The second kappa shape index (κ2) is 7.56. The summed E-state index contributed by atoms with van der Waals surface area (Å²) < 4.78 is 0. The van der Waals surface area contributed by atoms with Crippen LogP contribution in [-0.4, -0.2) is 34.4 Å². The summed E-state index contributed by atoms with van der Waals surface area (Å²) in [7, 11) is 1.69. The van der Waals surface area contributed by atoms with Crippen molar-refractivity contribution in [3.63, 3.8) is 0 Å². The third-order valence-corrected chi connectivity index (χ3v) is 5.58. The van der Waals surface area contributed by atoms with Crippen molar-refractivity contribution < 1.29 is 9.90 Å². The van der Waals surface area contributed by atoms with Gasteiger partial charge in [-0.25, -0.2) is 4.99 Å². The molecule has 1 aliphatic rings. The monoisotopic (exact) mass is 390 g/mol. The lowest BCUT2D eigenvalue weighted by Crippen LogP contribution is -2.23. The van der Waals surface area contributed by atoms with Crippen LogP contribution in [0.25, 0.3) is 6.08 Å². The van der Waals surface area contributed by atoms with E-state index in [2.05, 4.69) is 4.99 Å². The first-order chi connectivity index (χ1) is 12.0. The van der Waals surface area contributed by atoms with Gasteiger partial charge in [-0.3, -0.25) is 9.69 Å². The van der Waals surface area contributed by atoms with Crippen molar-refractivity contribution in [2.24, 2.45) is 4.99 Å². The van der Waals surface area contributed by atoms with E-state index in [1.165, 1.54) is 22.7 Å². The van der Waals surface area contributed by atoms with E-state index in [4.69, 9.17) is 11.6 Å². The van der Waals surface area contributed by atoms with Gasteiger partial charge in [-0.15, -0.1) is 11.8 Å². The Morgan fingerprint density at radius 2 is 2.08 bits per heavy atom. The van der Waals surface area contributed by atoms with E-state index in [0.29, 0.717) is 20.7 Å². The van der Waals surface area contributed by atoms with E-state index in [9.17, 15) is 9.90 Å². The molecule has 3 rings (SSSR count). The van der Waals surface area contributed by atoms with E-state index >= 15 is 0 Å². The Bertz CT molecular complexity index is 896. The van der Waals surface area contributed by atoms with E-state index in [1.807, 2.05) is 30.5 Å². The number of hydrogen-bond acceptors (Lipinski definition) is 5. The summed E-state index contributed by atoms with van der Waals surface area (Å²) in [5.74, 6) is -0.0878. The smallest absolute Gasteiger partial charge is 0.266 e. The van der Waals surface area contributed by atoms with Crippen molar-refractivity contribution in [1.82, 2.24) is 4.90 Å². The summed E-state index contributed by atoms with van der Waals surface area (Å²) in [5, 5.41) is 11.0. The van der Waals surface area contributed by atoms with Crippen LogP contribution in [-0.2, 0) is 4.79 Å². The molecule has 25 heavy (non-hydrogen) atoms. The van der Waals surface area contributed by atoms with Crippen LogP contribution in [0.5, 0.6) is 5.75 Å². The van der Waals surface area contributed by atoms with Crippen molar-refractivity contribution in [3.8, 4) is 5.75 Å². The van der Waals surface area contributed by atoms with Crippen LogP contribution < -0.4 is 0 Å². The number of aromatic hydroxyl groups is 1. The number of nitrogens with zero attached hydrogens (tertiary/aromatic N) is 2. The molecule has 0 saturated carbocycles. The molecule has 0 aliphatic carbocycles. The number of thioether (sulfide) groups is 2. The highest BCUT2D eigenvalue weighted by Crippen LogP contribution is 2.35. The number of amides is 1. The lowest BCUT2D eigenvalue weighted by molar-refractivity contribution is -0.121. The van der Waals surface area contributed by atoms with Crippen molar-refractivity contribution in [2.75, 3.05) is 13.3 Å². The molecule has 7 heteroatoms. The van der Waals surface area contributed by atoms with Crippen LogP contribution in [0.1, 0.15) is 5.56 Å². The molecular weight excluding hydrogens is 376 g/mol. The number of rotatable bonds is 3. The first-order valence-corrected chi connectivity index (χ1v) is 9.78. The zero-order valence-corrected chi connectivity index (χ0v) is 16.0. The molecule has 0 bridgehead atoms. The number of hydrogen-bond donors (Lipinski definition) is 1. The minimum absolute atomic E-state index is 0.0750. The van der Waals surface area contributed by atoms with Gasteiger partial charge in [0.2, 0.25) is 0 Å². The summed E-state index contributed by atoms with van der Waals surface area (Å²) in [5.41, 5.74) is 1.29. The average Bonchev–Trinajstić information content (AvgIpc) is 2.86. The molecule has 0 unspecified atom stereocenters. The molecule has 0 spiro atoms. The van der Waals surface area contributed by atoms with Gasteiger partial charge < -0.3 is 5.11 Å². The lowest BCUT2D eigenvalue weighted by atomic mass is 10.2. The first kappa shape index (κ1) is 17.9. The third-order valence-electron chi connectivity index (χ3n) is 3.56. The van der Waals surface area contributed by atoms with Gasteiger partial charge in [0, 0.05) is 22.5 Å². The third kappa shape index (κ3) is 4.03. The molecular formula is C18H15ClN2O2S2. The van der Waals surface area contributed by atoms with Crippen molar-refractivity contribution in [2.45, 2.75) is 4.90 Å². The van der Waals surface area contributed by atoms with E-state index < -0.39 is 0 Å². The summed E-state index contributed by atoms with van der Waals surface area (Å²) >= 11 is 8.87. The highest BCUT2D eigenvalue weighted by atomic mass is 35.5. The van der Waals surface area contributed by atoms with Crippen LogP contribution in [0, 0.1) is 0 Å². The number of halogens is 1. The van der Waals surface area contributed by atoms with Gasteiger partial charge in [-0.1, -0.05) is 17.7 Å². The fraction of sp³-hybridized carbons (Fsp3) is 0.111. The van der Waals surface area contributed by atoms with Gasteiger partial charge in [0.25, 0.3) is 5.91 Å². The predicted octanol–water partition coefficient (Wildman–Crippen LogP) is 5.00. The number of benzene rings is 2. The molecule has 2 aromatic rings. The van der Waals surface area contributed by atoms with E-state index in [0.717, 1.165) is 10.6 Å². The standard InChI is InChI=1S/C18H15ClN2O2S2/c1-21-17(23)16(9-11-8-12(19)6-7-15(11)22)25-18(21)20-13-4-3-5-14(10-13)24-2/h3-10,22H,1-2H3/b16-9+,20-18?.